The molecule has 470 valence electrons. The Labute approximate surface area is 503 Å². The van der Waals surface area contributed by atoms with Crippen molar-refractivity contribution in [2.24, 2.45) is 0 Å². The Hall–Kier alpha value is -3.15. The van der Waals surface area contributed by atoms with Gasteiger partial charge in [-0.3, -0.25) is 14.4 Å². The van der Waals surface area contributed by atoms with E-state index in [9.17, 15) is 14.4 Å². The van der Waals surface area contributed by atoms with Crippen LogP contribution in [-0.4, -0.2) is 37.2 Å². The van der Waals surface area contributed by atoms with Crippen LogP contribution in [0.1, 0.15) is 367 Å². The Bertz CT molecular complexity index is 1490. The maximum Gasteiger partial charge on any atom is 0.306 e. The standard InChI is InChI=1S/C75H134O6/c1-4-7-10-13-16-19-22-25-28-31-32-33-34-35-36-37-38-39-40-41-42-43-44-45-48-50-53-56-59-62-65-68-74(77)80-71-72(81-75(78)69-66-63-60-57-54-51-47-30-27-24-21-18-15-12-9-6-3)70-79-73(76)67-64-61-58-55-52-49-46-29-26-23-20-17-14-11-8-5-2/h7,10,16,19,25,28-30,32-33,46-47,72H,4-6,8-9,11-15,17-18,20-24,26-27,31,34-45,48-71H2,1-3H3/b10-7-,19-16-,28-25-,33-32-,46-29-,47-30-. The normalized spacial score (nSPS) is 12.5. The van der Waals surface area contributed by atoms with Gasteiger partial charge >= 0.3 is 17.9 Å². The summed E-state index contributed by atoms with van der Waals surface area (Å²) in [6, 6.07) is 0. The van der Waals surface area contributed by atoms with E-state index in [0.29, 0.717) is 19.3 Å². The molecule has 0 radical (unpaired) electrons. The predicted molar refractivity (Wildman–Crippen MR) is 353 cm³/mol. The number of unbranched alkanes of at least 4 members (excludes halogenated alkanes) is 42. The fraction of sp³-hybridized carbons (Fsp3) is 0.800. The summed E-state index contributed by atoms with van der Waals surface area (Å²) in [6.07, 6.45) is 90.8. The fourth-order valence-corrected chi connectivity index (χ4v) is 10.4. The van der Waals surface area contributed by atoms with E-state index in [-0.39, 0.29) is 31.1 Å². The van der Waals surface area contributed by atoms with Crippen molar-refractivity contribution < 1.29 is 28.6 Å². The third-order valence-corrected chi connectivity index (χ3v) is 15.7. The smallest absolute Gasteiger partial charge is 0.306 e. The van der Waals surface area contributed by atoms with Gasteiger partial charge in [0, 0.05) is 19.3 Å². The van der Waals surface area contributed by atoms with Crippen molar-refractivity contribution in [3.8, 4) is 0 Å². The van der Waals surface area contributed by atoms with Gasteiger partial charge in [0.25, 0.3) is 0 Å². The van der Waals surface area contributed by atoms with Crippen LogP contribution in [-0.2, 0) is 28.6 Å². The van der Waals surface area contributed by atoms with E-state index in [0.717, 1.165) is 96.3 Å². The fourth-order valence-electron chi connectivity index (χ4n) is 10.4. The van der Waals surface area contributed by atoms with Crippen LogP contribution in [0.25, 0.3) is 0 Å². The zero-order chi connectivity index (χ0) is 58.5. The monoisotopic (exact) mass is 1130 g/mol. The molecule has 0 spiro atoms. The van der Waals surface area contributed by atoms with Crippen LogP contribution in [0.4, 0.5) is 0 Å². The Balaban J connectivity index is 4.21. The molecule has 0 aromatic heterocycles. The number of carbonyl (C=O) groups is 3. The second kappa shape index (κ2) is 69.3. The molecule has 0 bridgehead atoms. The van der Waals surface area contributed by atoms with E-state index in [1.807, 2.05) is 0 Å². The molecule has 0 saturated heterocycles. The van der Waals surface area contributed by atoms with E-state index in [1.165, 1.54) is 231 Å². The van der Waals surface area contributed by atoms with E-state index in [2.05, 4.69) is 93.7 Å². The van der Waals surface area contributed by atoms with Gasteiger partial charge in [-0.25, -0.2) is 0 Å². The Morgan fingerprint density at radius 3 is 0.765 bits per heavy atom. The van der Waals surface area contributed by atoms with Crippen molar-refractivity contribution in [1.29, 1.82) is 0 Å². The molecule has 0 aromatic rings. The minimum atomic E-state index is -0.782. The summed E-state index contributed by atoms with van der Waals surface area (Å²) in [5, 5.41) is 0. The zero-order valence-electron chi connectivity index (χ0n) is 54.1. The second-order valence-corrected chi connectivity index (χ2v) is 23.8. The highest BCUT2D eigenvalue weighted by molar-refractivity contribution is 5.71. The Morgan fingerprint density at radius 1 is 0.259 bits per heavy atom. The summed E-state index contributed by atoms with van der Waals surface area (Å²) < 4.78 is 17.0. The van der Waals surface area contributed by atoms with Gasteiger partial charge in [-0.2, -0.15) is 0 Å². The highest BCUT2D eigenvalue weighted by atomic mass is 16.6. The molecule has 81 heavy (non-hydrogen) atoms. The molecule has 0 rings (SSSR count). The van der Waals surface area contributed by atoms with Gasteiger partial charge in [-0.05, 0) is 109 Å². The third kappa shape index (κ3) is 67.5. The molecule has 0 aliphatic heterocycles. The minimum Gasteiger partial charge on any atom is -0.462 e. The number of allylic oxidation sites excluding steroid dienone is 12. The van der Waals surface area contributed by atoms with Gasteiger partial charge in [-0.15, -0.1) is 0 Å². The van der Waals surface area contributed by atoms with Crippen LogP contribution in [0.5, 0.6) is 0 Å². The highest BCUT2D eigenvalue weighted by Gasteiger charge is 2.19. The lowest BCUT2D eigenvalue weighted by Gasteiger charge is -2.18. The lowest BCUT2D eigenvalue weighted by molar-refractivity contribution is -0.167. The van der Waals surface area contributed by atoms with E-state index < -0.39 is 6.10 Å². The van der Waals surface area contributed by atoms with Crippen LogP contribution < -0.4 is 0 Å². The van der Waals surface area contributed by atoms with Crippen molar-refractivity contribution in [1.82, 2.24) is 0 Å². The first-order valence-electron chi connectivity index (χ1n) is 35.4. The Morgan fingerprint density at radius 2 is 0.481 bits per heavy atom. The van der Waals surface area contributed by atoms with Crippen molar-refractivity contribution in [3.05, 3.63) is 72.9 Å². The van der Waals surface area contributed by atoms with Gasteiger partial charge in [0.15, 0.2) is 6.10 Å². The van der Waals surface area contributed by atoms with E-state index in [4.69, 9.17) is 14.2 Å². The molecule has 0 N–H and O–H groups in total. The van der Waals surface area contributed by atoms with E-state index in [1.54, 1.807) is 0 Å². The third-order valence-electron chi connectivity index (χ3n) is 15.7. The number of carbonyl (C=O) groups excluding carboxylic acids is 3. The SMILES string of the molecule is CC/C=C\C/C=C\C/C=C\C/C=C\CCCCCCCCCCCCCCCCCCCCC(=O)OCC(COC(=O)CCCCCCC/C=C\CCCCCCCCC)OC(=O)CCCCCCC/C=C\CCCCCCCCC. The van der Waals surface area contributed by atoms with Crippen LogP contribution in [0, 0.1) is 0 Å². The summed E-state index contributed by atoms with van der Waals surface area (Å²) in [5.41, 5.74) is 0. The summed E-state index contributed by atoms with van der Waals surface area (Å²) in [4.78, 5) is 38.4. The van der Waals surface area contributed by atoms with Crippen molar-refractivity contribution in [2.45, 2.75) is 374 Å². The maximum absolute atomic E-state index is 12.9. The molecular weight excluding hydrogens is 997 g/mol. The largest absolute Gasteiger partial charge is 0.462 e. The van der Waals surface area contributed by atoms with Crippen LogP contribution >= 0.6 is 0 Å². The molecule has 0 fully saturated rings. The molecule has 0 aromatic carbocycles. The molecule has 0 heterocycles. The molecule has 1 atom stereocenters. The minimum absolute atomic E-state index is 0.0769. The summed E-state index contributed by atoms with van der Waals surface area (Å²) in [6.45, 7) is 6.56. The second-order valence-electron chi connectivity index (χ2n) is 23.8. The lowest BCUT2D eigenvalue weighted by Crippen LogP contribution is -2.30. The molecule has 0 saturated carbocycles. The van der Waals surface area contributed by atoms with Gasteiger partial charge in [-0.1, -0.05) is 312 Å². The molecule has 0 aliphatic carbocycles. The summed E-state index contributed by atoms with van der Waals surface area (Å²) >= 11 is 0. The number of ether oxygens (including phenoxy) is 3. The first-order chi connectivity index (χ1) is 40.0. The van der Waals surface area contributed by atoms with Crippen LogP contribution in [0.3, 0.4) is 0 Å². The molecule has 0 aliphatic rings. The average molecular weight is 1130 g/mol. The lowest BCUT2D eigenvalue weighted by atomic mass is 10.0. The van der Waals surface area contributed by atoms with Crippen molar-refractivity contribution >= 4 is 17.9 Å². The van der Waals surface area contributed by atoms with Crippen LogP contribution in [0.15, 0.2) is 72.9 Å². The predicted octanol–water partition coefficient (Wildman–Crippen LogP) is 24.4. The number of esters is 3. The average Bonchev–Trinajstić information content (AvgIpc) is 3.47. The van der Waals surface area contributed by atoms with Gasteiger partial charge in [0.2, 0.25) is 0 Å². The molecule has 1 unspecified atom stereocenters. The van der Waals surface area contributed by atoms with Gasteiger partial charge in [0.1, 0.15) is 13.2 Å². The van der Waals surface area contributed by atoms with Gasteiger partial charge in [0.05, 0.1) is 0 Å². The van der Waals surface area contributed by atoms with E-state index >= 15 is 0 Å². The zero-order valence-corrected chi connectivity index (χ0v) is 54.1. The Kier molecular flexibility index (Phi) is 66.6. The highest BCUT2D eigenvalue weighted by Crippen LogP contribution is 2.18. The first-order valence-corrected chi connectivity index (χ1v) is 35.4. The number of hydrogen-bond acceptors (Lipinski definition) is 6. The van der Waals surface area contributed by atoms with Crippen molar-refractivity contribution in [2.75, 3.05) is 13.2 Å². The molecule has 6 nitrogen and oxygen atoms in total. The molecule has 0 amide bonds. The molecular formula is C75H134O6. The first kappa shape index (κ1) is 77.9. The summed E-state index contributed by atoms with van der Waals surface area (Å²) in [5.74, 6) is -0.872. The maximum atomic E-state index is 12.9. The van der Waals surface area contributed by atoms with Crippen LogP contribution in [0.2, 0.25) is 0 Å². The number of rotatable bonds is 65. The molecule has 6 heteroatoms. The number of hydrogen-bond donors (Lipinski definition) is 0. The van der Waals surface area contributed by atoms with Crippen molar-refractivity contribution in [3.63, 3.8) is 0 Å². The summed E-state index contributed by atoms with van der Waals surface area (Å²) in [7, 11) is 0. The topological polar surface area (TPSA) is 78.9 Å². The van der Waals surface area contributed by atoms with Gasteiger partial charge < -0.3 is 14.2 Å². The quantitative estimate of drug-likeness (QED) is 0.0261.